The van der Waals surface area contributed by atoms with E-state index < -0.39 is 0 Å². The Balaban J connectivity index is 1.09. The van der Waals surface area contributed by atoms with Crippen molar-refractivity contribution < 1.29 is 0 Å². The van der Waals surface area contributed by atoms with E-state index in [-0.39, 0.29) is 0 Å². The number of fused-ring (bicyclic) bond motifs is 3. The molecule has 0 bridgehead atoms. The maximum absolute atomic E-state index is 2.45. The molecule has 0 nitrogen and oxygen atoms in total. The van der Waals surface area contributed by atoms with Crippen molar-refractivity contribution in [2.75, 3.05) is 0 Å². The van der Waals surface area contributed by atoms with E-state index in [0.29, 0.717) is 0 Å². The van der Waals surface area contributed by atoms with Crippen molar-refractivity contribution in [3.63, 3.8) is 0 Å². The molecular formula is C50H36S. The molecule has 0 heterocycles. The van der Waals surface area contributed by atoms with Crippen LogP contribution in [-0.4, -0.2) is 0 Å². The Kier molecular flexibility index (Phi) is 8.41. The molecule has 0 saturated carbocycles. The van der Waals surface area contributed by atoms with Crippen molar-refractivity contribution in [1.29, 1.82) is 0 Å². The summed E-state index contributed by atoms with van der Waals surface area (Å²) in [5.41, 5.74) is 18.3. The summed E-state index contributed by atoms with van der Waals surface area (Å²) in [4.78, 5) is 2.48. The van der Waals surface area contributed by atoms with Gasteiger partial charge in [0.1, 0.15) is 0 Å². The van der Waals surface area contributed by atoms with Gasteiger partial charge < -0.3 is 0 Å². The lowest BCUT2D eigenvalue weighted by Crippen LogP contribution is -1.97. The van der Waals surface area contributed by atoms with Crippen LogP contribution in [0.1, 0.15) is 22.3 Å². The lowest BCUT2D eigenvalue weighted by Gasteiger charge is -2.21. The van der Waals surface area contributed by atoms with Crippen molar-refractivity contribution in [2.24, 2.45) is 0 Å². The first-order valence-corrected chi connectivity index (χ1v) is 18.5. The second-order valence-electron chi connectivity index (χ2n) is 13.2. The van der Waals surface area contributed by atoms with Gasteiger partial charge in [-0.3, -0.25) is 0 Å². The average molecular weight is 669 g/mol. The molecule has 0 atom stereocenters. The standard InChI is InChI=1S/C50H36S/c1-4-14-35(15-5-1)32-36-24-26-37(27-25-36)44-22-12-13-23-48(44)51-42-30-28-38(29-31-42)45-34-46-43-21-11-10-20-41(43)33-47(46)50(40-18-8-3-9-19-40)49(45)39-16-6-2-7-17-39/h1-31,34H,32-33H2. The number of benzene rings is 8. The summed E-state index contributed by atoms with van der Waals surface area (Å²) in [6.07, 6.45) is 1.89. The summed E-state index contributed by atoms with van der Waals surface area (Å²) >= 11 is 1.83. The third-order valence-corrected chi connectivity index (χ3v) is 11.1. The van der Waals surface area contributed by atoms with Crippen LogP contribution in [0.5, 0.6) is 0 Å². The fourth-order valence-electron chi connectivity index (χ4n) is 7.59. The summed E-state index contributed by atoms with van der Waals surface area (Å²) < 4.78 is 0. The molecule has 1 heteroatoms. The lowest BCUT2D eigenvalue weighted by molar-refractivity contribution is 1.19. The minimum absolute atomic E-state index is 0.944. The molecule has 0 saturated heterocycles. The van der Waals surface area contributed by atoms with Crippen LogP contribution in [0.4, 0.5) is 0 Å². The van der Waals surface area contributed by atoms with E-state index in [0.717, 1.165) is 12.8 Å². The van der Waals surface area contributed by atoms with Gasteiger partial charge in [-0.15, -0.1) is 0 Å². The van der Waals surface area contributed by atoms with E-state index in [1.165, 1.54) is 87.7 Å². The SMILES string of the molecule is c1ccc(Cc2ccc(-c3ccccc3Sc3ccc(-c4cc5c(c(-c6ccccc6)c4-c4ccccc4)Cc4ccccc4-5)cc3)cc2)cc1. The first-order valence-electron chi connectivity index (χ1n) is 17.7. The fourth-order valence-corrected chi connectivity index (χ4v) is 8.56. The average Bonchev–Trinajstić information content (AvgIpc) is 3.57. The van der Waals surface area contributed by atoms with Crippen LogP contribution < -0.4 is 0 Å². The van der Waals surface area contributed by atoms with E-state index in [1.54, 1.807) is 0 Å². The molecule has 0 aliphatic heterocycles. The largest absolute Gasteiger partial charge is 0.0895 e. The van der Waals surface area contributed by atoms with Gasteiger partial charge in [-0.2, -0.15) is 0 Å². The molecule has 1 aliphatic carbocycles. The zero-order valence-electron chi connectivity index (χ0n) is 28.3. The molecule has 0 radical (unpaired) electrons. The number of hydrogen-bond acceptors (Lipinski definition) is 1. The molecule has 0 fully saturated rings. The van der Waals surface area contributed by atoms with Crippen molar-refractivity contribution in [2.45, 2.75) is 22.6 Å². The number of rotatable bonds is 8. The van der Waals surface area contributed by atoms with Crippen molar-refractivity contribution >= 4 is 11.8 Å². The van der Waals surface area contributed by atoms with E-state index in [1.807, 2.05) is 11.8 Å². The molecule has 0 unspecified atom stereocenters. The zero-order chi connectivity index (χ0) is 34.0. The Morgan fingerprint density at radius 1 is 0.373 bits per heavy atom. The van der Waals surface area contributed by atoms with Crippen molar-refractivity contribution in [3.8, 4) is 55.6 Å². The fraction of sp³-hybridized carbons (Fsp3) is 0.0400. The van der Waals surface area contributed by atoms with Crippen molar-refractivity contribution in [1.82, 2.24) is 0 Å². The van der Waals surface area contributed by atoms with E-state index in [2.05, 4.69) is 194 Å². The Labute approximate surface area is 305 Å². The van der Waals surface area contributed by atoms with E-state index in [9.17, 15) is 0 Å². The van der Waals surface area contributed by atoms with Crippen molar-refractivity contribution in [3.05, 3.63) is 216 Å². The topological polar surface area (TPSA) is 0 Å². The van der Waals surface area contributed by atoms with Crippen LogP contribution in [0, 0.1) is 0 Å². The van der Waals surface area contributed by atoms with Crippen LogP contribution in [0.3, 0.4) is 0 Å². The maximum atomic E-state index is 2.45. The highest BCUT2D eigenvalue weighted by molar-refractivity contribution is 7.99. The third kappa shape index (κ3) is 6.22. The van der Waals surface area contributed by atoms with Gasteiger partial charge in [0.2, 0.25) is 0 Å². The van der Waals surface area contributed by atoms with Gasteiger partial charge in [0.15, 0.2) is 0 Å². The monoisotopic (exact) mass is 668 g/mol. The van der Waals surface area contributed by atoms with Crippen LogP contribution in [0.15, 0.2) is 204 Å². The Morgan fingerprint density at radius 2 is 0.902 bits per heavy atom. The summed E-state index contributed by atoms with van der Waals surface area (Å²) in [6, 6.07) is 71.0. The minimum Gasteiger partial charge on any atom is -0.0895 e. The minimum atomic E-state index is 0.944. The third-order valence-electron chi connectivity index (χ3n) is 10.0. The maximum Gasteiger partial charge on any atom is 0.0200 e. The van der Waals surface area contributed by atoms with Gasteiger partial charge in [-0.25, -0.2) is 0 Å². The summed E-state index contributed by atoms with van der Waals surface area (Å²) in [5.74, 6) is 0. The molecule has 1 aliphatic rings. The van der Waals surface area contributed by atoms with Gasteiger partial charge in [-0.05, 0) is 115 Å². The number of hydrogen-bond donors (Lipinski definition) is 0. The van der Waals surface area contributed by atoms with E-state index in [4.69, 9.17) is 0 Å². The molecule has 0 aromatic heterocycles. The Hall–Kier alpha value is -5.89. The molecule has 8 aromatic rings. The van der Waals surface area contributed by atoms with Crippen LogP contribution in [0.25, 0.3) is 55.6 Å². The quantitative estimate of drug-likeness (QED) is 0.155. The van der Waals surface area contributed by atoms with Gasteiger partial charge in [-0.1, -0.05) is 182 Å². The first-order chi connectivity index (χ1) is 25.3. The van der Waals surface area contributed by atoms with Gasteiger partial charge in [0.05, 0.1) is 0 Å². The Morgan fingerprint density at radius 3 is 1.61 bits per heavy atom. The van der Waals surface area contributed by atoms with Crippen LogP contribution in [0.2, 0.25) is 0 Å². The Bertz CT molecular complexity index is 2440. The summed E-state index contributed by atoms with van der Waals surface area (Å²) in [7, 11) is 0. The van der Waals surface area contributed by atoms with Gasteiger partial charge >= 0.3 is 0 Å². The molecule has 242 valence electrons. The molecule has 51 heavy (non-hydrogen) atoms. The predicted molar refractivity (Wildman–Crippen MR) is 216 cm³/mol. The molecular weight excluding hydrogens is 633 g/mol. The highest BCUT2D eigenvalue weighted by Gasteiger charge is 2.27. The summed E-state index contributed by atoms with van der Waals surface area (Å²) in [6.45, 7) is 0. The highest BCUT2D eigenvalue weighted by Crippen LogP contribution is 2.50. The molecule has 0 amide bonds. The van der Waals surface area contributed by atoms with E-state index >= 15 is 0 Å². The normalized spacial score (nSPS) is 11.6. The van der Waals surface area contributed by atoms with Gasteiger partial charge in [0, 0.05) is 9.79 Å². The first kappa shape index (κ1) is 31.1. The molecule has 9 rings (SSSR count). The van der Waals surface area contributed by atoms with Gasteiger partial charge in [0.25, 0.3) is 0 Å². The lowest BCUT2D eigenvalue weighted by atomic mass is 9.82. The summed E-state index contributed by atoms with van der Waals surface area (Å²) in [5, 5.41) is 0. The zero-order valence-corrected chi connectivity index (χ0v) is 29.1. The van der Waals surface area contributed by atoms with Crippen LogP contribution >= 0.6 is 11.8 Å². The molecule has 8 aromatic carbocycles. The second-order valence-corrected chi connectivity index (χ2v) is 14.4. The predicted octanol–water partition coefficient (Wildman–Crippen LogP) is 13.7. The van der Waals surface area contributed by atoms with Crippen LogP contribution in [-0.2, 0) is 12.8 Å². The second kappa shape index (κ2) is 13.8. The highest BCUT2D eigenvalue weighted by atomic mass is 32.2. The molecule has 0 spiro atoms. The molecule has 0 N–H and O–H groups in total. The smallest absolute Gasteiger partial charge is 0.0200 e.